The second-order valence-corrected chi connectivity index (χ2v) is 3.24. The lowest BCUT2D eigenvalue weighted by Gasteiger charge is -2.15. The van der Waals surface area contributed by atoms with Crippen LogP contribution in [-0.4, -0.2) is 33.9 Å². The molecule has 0 saturated heterocycles. The molecule has 0 aromatic carbocycles. The molecule has 0 rings (SSSR count). The highest BCUT2D eigenvalue weighted by Gasteiger charge is 2.25. The van der Waals surface area contributed by atoms with Crippen molar-refractivity contribution in [3.8, 4) is 0 Å². The maximum atomic E-state index is 12.9. The summed E-state index contributed by atoms with van der Waals surface area (Å²) < 4.78 is 35.7. The quantitative estimate of drug-likeness (QED) is 0.628. The van der Waals surface area contributed by atoms with Crippen LogP contribution in [0, 0.1) is 0 Å². The third kappa shape index (κ3) is 4.84. The van der Waals surface area contributed by atoms with Crippen molar-refractivity contribution < 1.29 is 17.9 Å². The van der Waals surface area contributed by atoms with Crippen LogP contribution in [0.15, 0.2) is 0 Å². The molecule has 3 nitrogen and oxygen atoms in total. The second-order valence-electron chi connectivity index (χ2n) is 2.31. The van der Waals surface area contributed by atoms with Crippen LogP contribution in [0.1, 0.15) is 6.92 Å². The lowest BCUT2D eigenvalue weighted by Crippen LogP contribution is -2.31. The molecule has 10 heavy (non-hydrogen) atoms. The van der Waals surface area contributed by atoms with Gasteiger partial charge in [-0.25, -0.2) is 8.60 Å². The first-order valence-electron chi connectivity index (χ1n) is 2.73. The van der Waals surface area contributed by atoms with Gasteiger partial charge in [-0.3, -0.25) is 0 Å². The summed E-state index contributed by atoms with van der Waals surface area (Å²) in [5.41, 5.74) is -1.70. The number of alkyl halides is 1. The average molecular weight is 170 g/mol. The molecular weight excluding hydrogens is 159 g/mol. The monoisotopic (exact) mass is 170 g/mol. The predicted molar refractivity (Wildman–Crippen MR) is 37.0 cm³/mol. The molecule has 2 unspecified atom stereocenters. The van der Waals surface area contributed by atoms with E-state index in [1.54, 1.807) is 0 Å². The summed E-state index contributed by atoms with van der Waals surface area (Å²) in [6.07, 6.45) is 0. The molecular formula is C5H11FO3S. The summed E-state index contributed by atoms with van der Waals surface area (Å²) in [6.45, 7) is 1.07. The number of methoxy groups -OCH3 is 1. The zero-order valence-corrected chi connectivity index (χ0v) is 6.78. The van der Waals surface area contributed by atoms with E-state index in [1.807, 2.05) is 0 Å². The Morgan fingerprint density at radius 3 is 2.60 bits per heavy atom. The first kappa shape index (κ1) is 10.0. The Kier molecular flexibility index (Phi) is 4.00. The second kappa shape index (κ2) is 4.00. The average Bonchev–Trinajstić information content (AvgIpc) is 1.59. The van der Waals surface area contributed by atoms with Crippen LogP contribution in [0.5, 0.6) is 0 Å². The summed E-state index contributed by atoms with van der Waals surface area (Å²) in [7, 11) is 1.35. The molecule has 0 aromatic rings. The van der Waals surface area contributed by atoms with E-state index in [2.05, 4.69) is 4.74 Å². The van der Waals surface area contributed by atoms with Crippen molar-refractivity contribution in [2.45, 2.75) is 12.6 Å². The van der Waals surface area contributed by atoms with Gasteiger partial charge in [0.15, 0.2) is 11.1 Å². The predicted octanol–water partition coefficient (Wildman–Crippen LogP) is 0.583. The lowest BCUT2D eigenvalue weighted by molar-refractivity contribution is 0.0704. The molecule has 0 aromatic heterocycles. The zero-order chi connectivity index (χ0) is 8.20. The number of hydrogen-bond donors (Lipinski definition) is 1. The van der Waals surface area contributed by atoms with Crippen molar-refractivity contribution in [2.24, 2.45) is 0 Å². The Morgan fingerprint density at radius 1 is 1.80 bits per heavy atom. The lowest BCUT2D eigenvalue weighted by atomic mass is 10.2. The summed E-state index contributed by atoms with van der Waals surface area (Å²) in [6, 6.07) is 0. The fraction of sp³-hybridized carbons (Fsp3) is 1.00. The molecule has 0 aliphatic rings. The van der Waals surface area contributed by atoms with E-state index in [1.165, 1.54) is 14.0 Å². The van der Waals surface area contributed by atoms with E-state index >= 15 is 0 Å². The smallest absolute Gasteiger partial charge is 0.156 e. The zero-order valence-electron chi connectivity index (χ0n) is 5.96. The summed E-state index contributed by atoms with van der Waals surface area (Å²) >= 11 is -2.09. The van der Waals surface area contributed by atoms with E-state index in [-0.39, 0.29) is 6.61 Å². The minimum absolute atomic E-state index is 0.153. The van der Waals surface area contributed by atoms with Gasteiger partial charge in [0.1, 0.15) is 5.67 Å². The normalized spacial score (nSPS) is 20.0. The fourth-order valence-electron chi connectivity index (χ4n) is 0.600. The van der Waals surface area contributed by atoms with Gasteiger partial charge >= 0.3 is 0 Å². The van der Waals surface area contributed by atoms with Gasteiger partial charge in [-0.2, -0.15) is 0 Å². The Hall–Kier alpha value is -0.0000000000000000486. The van der Waals surface area contributed by atoms with Crippen molar-refractivity contribution in [3.05, 3.63) is 0 Å². The van der Waals surface area contributed by atoms with Gasteiger partial charge in [-0.15, -0.1) is 0 Å². The molecule has 0 saturated carbocycles. The van der Waals surface area contributed by atoms with Crippen LogP contribution in [0.25, 0.3) is 0 Å². The van der Waals surface area contributed by atoms with Crippen LogP contribution >= 0.6 is 0 Å². The van der Waals surface area contributed by atoms with Crippen LogP contribution in [0.4, 0.5) is 4.39 Å². The number of ether oxygens (including phenoxy) is 1. The number of rotatable bonds is 4. The molecule has 0 aliphatic carbocycles. The van der Waals surface area contributed by atoms with E-state index in [0.29, 0.717) is 0 Å². The van der Waals surface area contributed by atoms with Gasteiger partial charge in [0, 0.05) is 7.11 Å². The maximum Gasteiger partial charge on any atom is 0.156 e. The molecule has 0 amide bonds. The van der Waals surface area contributed by atoms with Crippen LogP contribution in [0.2, 0.25) is 0 Å². The molecule has 0 heterocycles. The van der Waals surface area contributed by atoms with Crippen molar-refractivity contribution in [1.29, 1.82) is 0 Å². The van der Waals surface area contributed by atoms with Gasteiger partial charge in [0.25, 0.3) is 0 Å². The van der Waals surface area contributed by atoms with Crippen LogP contribution in [0.3, 0.4) is 0 Å². The highest BCUT2D eigenvalue weighted by Crippen LogP contribution is 2.10. The third-order valence-electron chi connectivity index (χ3n) is 0.870. The highest BCUT2D eigenvalue weighted by atomic mass is 32.2. The van der Waals surface area contributed by atoms with Crippen LogP contribution < -0.4 is 0 Å². The topological polar surface area (TPSA) is 46.5 Å². The van der Waals surface area contributed by atoms with Gasteiger partial charge in [0.05, 0.1) is 12.4 Å². The van der Waals surface area contributed by atoms with Crippen LogP contribution in [-0.2, 0) is 15.8 Å². The molecule has 0 radical (unpaired) electrons. The van der Waals surface area contributed by atoms with Gasteiger partial charge in [-0.05, 0) is 6.92 Å². The first-order chi connectivity index (χ1) is 4.48. The van der Waals surface area contributed by atoms with E-state index in [0.717, 1.165) is 0 Å². The highest BCUT2D eigenvalue weighted by molar-refractivity contribution is 7.79. The summed E-state index contributed by atoms with van der Waals surface area (Å²) in [5.74, 6) is -0.402. The molecule has 62 valence electrons. The maximum absolute atomic E-state index is 12.9. The molecule has 0 fully saturated rings. The molecule has 0 aliphatic heterocycles. The van der Waals surface area contributed by atoms with Crippen molar-refractivity contribution >= 4 is 11.1 Å². The Balaban J connectivity index is 3.74. The Labute approximate surface area is 61.9 Å². The fourth-order valence-corrected chi connectivity index (χ4v) is 1.20. The van der Waals surface area contributed by atoms with E-state index in [4.69, 9.17) is 4.55 Å². The molecule has 5 heteroatoms. The minimum atomic E-state index is -2.09. The first-order valence-corrected chi connectivity index (χ1v) is 4.01. The molecule has 0 spiro atoms. The summed E-state index contributed by atoms with van der Waals surface area (Å²) in [5, 5.41) is 0. The van der Waals surface area contributed by atoms with Crippen molar-refractivity contribution in [2.75, 3.05) is 19.5 Å². The van der Waals surface area contributed by atoms with Gasteiger partial charge < -0.3 is 9.29 Å². The largest absolute Gasteiger partial charge is 0.381 e. The Morgan fingerprint density at radius 2 is 2.30 bits per heavy atom. The standard InChI is InChI=1S/C5H11FO3S/c1-5(6,3-9-2)4-10(7)8/h3-4H2,1-2H3,(H,7,8). The van der Waals surface area contributed by atoms with Gasteiger partial charge in [-0.1, -0.05) is 0 Å². The molecule has 0 bridgehead atoms. The third-order valence-corrected chi connectivity index (χ3v) is 1.72. The SMILES string of the molecule is COCC(C)(F)CS(=O)O. The Bertz CT molecular complexity index is 126. The minimum Gasteiger partial charge on any atom is -0.381 e. The van der Waals surface area contributed by atoms with E-state index in [9.17, 15) is 8.60 Å². The van der Waals surface area contributed by atoms with Crippen molar-refractivity contribution in [3.63, 3.8) is 0 Å². The van der Waals surface area contributed by atoms with Gasteiger partial charge in [0.2, 0.25) is 0 Å². The molecule has 2 atom stereocenters. The van der Waals surface area contributed by atoms with E-state index < -0.39 is 22.5 Å². The summed E-state index contributed by atoms with van der Waals surface area (Å²) in [4.78, 5) is 0. The van der Waals surface area contributed by atoms with Crippen molar-refractivity contribution in [1.82, 2.24) is 0 Å². The molecule has 1 N–H and O–H groups in total. The number of hydrogen-bond acceptors (Lipinski definition) is 2. The number of halogens is 1.